The molecule has 0 amide bonds. The number of halogens is 2. The number of alkyl halides is 2. The van der Waals surface area contributed by atoms with Gasteiger partial charge in [0.05, 0.1) is 12.5 Å². The van der Waals surface area contributed by atoms with E-state index >= 15 is 0 Å². The van der Waals surface area contributed by atoms with Crippen LogP contribution in [0.1, 0.15) is 6.92 Å². The molecule has 0 aromatic carbocycles. The van der Waals surface area contributed by atoms with Crippen LogP contribution in [-0.4, -0.2) is 25.0 Å². The lowest BCUT2D eigenvalue weighted by Crippen LogP contribution is -2.12. The summed E-state index contributed by atoms with van der Waals surface area (Å²) >= 11 is 0. The first-order valence-electron chi connectivity index (χ1n) is 3.80. The average molecular weight is 179 g/mol. The van der Waals surface area contributed by atoms with Gasteiger partial charge in [-0.2, -0.15) is 0 Å². The summed E-state index contributed by atoms with van der Waals surface area (Å²) in [4.78, 5) is 10.8. The van der Waals surface area contributed by atoms with E-state index in [-0.39, 0.29) is 13.2 Å². The number of hydrogen-bond acceptors (Lipinski definition) is 3. The van der Waals surface area contributed by atoms with Crippen LogP contribution in [0.2, 0.25) is 0 Å². The van der Waals surface area contributed by atoms with Gasteiger partial charge in [-0.15, -0.1) is 0 Å². The number of ether oxygens (including phenoxy) is 1. The fraction of sp³-hybridized carbons (Fsp3) is 0.857. The summed E-state index contributed by atoms with van der Waals surface area (Å²) in [6, 6.07) is 0. The molecule has 1 aliphatic rings. The molecule has 2 atom stereocenters. The van der Waals surface area contributed by atoms with Crippen LogP contribution >= 0.6 is 0 Å². The first-order chi connectivity index (χ1) is 5.55. The second kappa shape index (κ2) is 2.97. The van der Waals surface area contributed by atoms with Gasteiger partial charge in [0.25, 0.3) is 5.92 Å². The maximum atomic E-state index is 12.7. The van der Waals surface area contributed by atoms with E-state index in [1.807, 2.05) is 0 Å². The van der Waals surface area contributed by atoms with Crippen LogP contribution in [0.4, 0.5) is 8.78 Å². The number of nitrogens with two attached hydrogens (primary N) is 1. The molecule has 0 saturated heterocycles. The summed E-state index contributed by atoms with van der Waals surface area (Å²) in [7, 11) is 0. The lowest BCUT2D eigenvalue weighted by molar-refractivity contribution is -0.147. The van der Waals surface area contributed by atoms with Crippen molar-refractivity contribution in [2.45, 2.75) is 12.8 Å². The molecule has 1 rings (SSSR count). The minimum absolute atomic E-state index is 0.128. The zero-order chi connectivity index (χ0) is 9.35. The molecule has 0 heterocycles. The van der Waals surface area contributed by atoms with Gasteiger partial charge >= 0.3 is 5.97 Å². The lowest BCUT2D eigenvalue weighted by Gasteiger charge is -1.97. The maximum absolute atomic E-state index is 12.7. The molecule has 0 bridgehead atoms. The average Bonchev–Trinajstić information content (AvgIpc) is 2.53. The fourth-order valence-corrected chi connectivity index (χ4v) is 1.24. The van der Waals surface area contributed by atoms with E-state index in [1.165, 1.54) is 0 Å². The third kappa shape index (κ3) is 1.29. The zero-order valence-corrected chi connectivity index (χ0v) is 6.72. The third-order valence-electron chi connectivity index (χ3n) is 2.00. The summed E-state index contributed by atoms with van der Waals surface area (Å²) in [5.74, 6) is -6.10. The normalized spacial score (nSPS) is 31.3. The van der Waals surface area contributed by atoms with Crippen LogP contribution in [0.5, 0.6) is 0 Å². The van der Waals surface area contributed by atoms with Crippen LogP contribution in [0.15, 0.2) is 0 Å². The molecular weight excluding hydrogens is 168 g/mol. The molecule has 3 nitrogen and oxygen atoms in total. The Hall–Kier alpha value is -0.710. The molecule has 12 heavy (non-hydrogen) atoms. The minimum atomic E-state index is -2.94. The molecule has 1 saturated carbocycles. The highest BCUT2D eigenvalue weighted by Gasteiger charge is 2.71. The Balaban J connectivity index is 2.51. The summed E-state index contributed by atoms with van der Waals surface area (Å²) in [5, 5.41) is 0. The van der Waals surface area contributed by atoms with Crippen molar-refractivity contribution in [3.63, 3.8) is 0 Å². The van der Waals surface area contributed by atoms with E-state index in [2.05, 4.69) is 4.74 Å². The summed E-state index contributed by atoms with van der Waals surface area (Å²) in [5.41, 5.74) is 5.05. The number of rotatable bonds is 3. The van der Waals surface area contributed by atoms with E-state index in [4.69, 9.17) is 5.73 Å². The Labute approximate surface area is 68.9 Å². The van der Waals surface area contributed by atoms with Gasteiger partial charge < -0.3 is 10.5 Å². The van der Waals surface area contributed by atoms with Crippen LogP contribution < -0.4 is 5.73 Å². The van der Waals surface area contributed by atoms with Gasteiger partial charge in [-0.1, -0.05) is 0 Å². The summed E-state index contributed by atoms with van der Waals surface area (Å²) in [6.45, 7) is 1.54. The molecule has 5 heteroatoms. The lowest BCUT2D eigenvalue weighted by atomic mass is 10.3. The predicted octanol–water partition coefficient (Wildman–Crippen LogP) is 0.389. The van der Waals surface area contributed by atoms with Crippen molar-refractivity contribution in [1.29, 1.82) is 0 Å². The maximum Gasteiger partial charge on any atom is 0.315 e. The second-order valence-corrected chi connectivity index (χ2v) is 2.75. The summed E-state index contributed by atoms with van der Waals surface area (Å²) in [6.07, 6.45) is 0. The van der Waals surface area contributed by atoms with Crippen molar-refractivity contribution in [2.75, 3.05) is 13.2 Å². The number of hydrogen-bond donors (Lipinski definition) is 1. The number of esters is 1. The Bertz CT molecular complexity index is 196. The molecule has 0 aliphatic heterocycles. The van der Waals surface area contributed by atoms with Crippen LogP contribution in [0.3, 0.4) is 0 Å². The van der Waals surface area contributed by atoms with Crippen LogP contribution in [-0.2, 0) is 9.53 Å². The van der Waals surface area contributed by atoms with Gasteiger partial charge in [-0.05, 0) is 6.92 Å². The van der Waals surface area contributed by atoms with E-state index in [1.54, 1.807) is 6.92 Å². The van der Waals surface area contributed by atoms with Crippen molar-refractivity contribution in [3.8, 4) is 0 Å². The van der Waals surface area contributed by atoms with E-state index in [0.29, 0.717) is 0 Å². The Kier molecular flexibility index (Phi) is 2.32. The molecule has 70 valence electrons. The largest absolute Gasteiger partial charge is 0.466 e. The Morgan fingerprint density at radius 1 is 1.67 bits per heavy atom. The Morgan fingerprint density at radius 3 is 2.58 bits per heavy atom. The SMILES string of the molecule is CCOC(=O)C1C(CN)C1(F)F. The quantitative estimate of drug-likeness (QED) is 0.637. The Morgan fingerprint density at radius 2 is 2.25 bits per heavy atom. The van der Waals surface area contributed by atoms with Gasteiger partial charge in [0.1, 0.15) is 5.92 Å². The third-order valence-corrected chi connectivity index (χ3v) is 2.00. The standard InChI is InChI=1S/C7H11F2NO2/c1-2-12-6(11)5-4(3-10)7(5,8)9/h4-5H,2-3,10H2,1H3. The van der Waals surface area contributed by atoms with E-state index in [0.717, 1.165) is 0 Å². The first kappa shape index (κ1) is 9.38. The van der Waals surface area contributed by atoms with Crippen molar-refractivity contribution < 1.29 is 18.3 Å². The van der Waals surface area contributed by atoms with Gasteiger partial charge in [0.2, 0.25) is 0 Å². The highest BCUT2D eigenvalue weighted by atomic mass is 19.3. The molecule has 2 N–H and O–H groups in total. The molecule has 0 radical (unpaired) electrons. The molecule has 0 aromatic heterocycles. The molecule has 1 fully saturated rings. The van der Waals surface area contributed by atoms with Gasteiger partial charge in [-0.3, -0.25) is 4.79 Å². The van der Waals surface area contributed by atoms with Crippen molar-refractivity contribution >= 4 is 5.97 Å². The molecule has 2 unspecified atom stereocenters. The van der Waals surface area contributed by atoms with E-state index in [9.17, 15) is 13.6 Å². The molecule has 1 aliphatic carbocycles. The minimum Gasteiger partial charge on any atom is -0.466 e. The molecule has 0 spiro atoms. The van der Waals surface area contributed by atoms with Gasteiger partial charge in [0.15, 0.2) is 0 Å². The van der Waals surface area contributed by atoms with Gasteiger partial charge in [-0.25, -0.2) is 8.78 Å². The first-order valence-corrected chi connectivity index (χ1v) is 3.80. The predicted molar refractivity (Wildman–Crippen MR) is 37.6 cm³/mol. The highest BCUT2D eigenvalue weighted by Crippen LogP contribution is 2.55. The number of carbonyl (C=O) groups excluding carboxylic acids is 1. The molecule has 0 aromatic rings. The number of carbonyl (C=O) groups is 1. The highest BCUT2D eigenvalue weighted by molar-refractivity contribution is 5.78. The second-order valence-electron chi connectivity index (χ2n) is 2.75. The van der Waals surface area contributed by atoms with Crippen molar-refractivity contribution in [2.24, 2.45) is 17.6 Å². The smallest absolute Gasteiger partial charge is 0.315 e. The summed E-state index contributed by atoms with van der Waals surface area (Å²) < 4.78 is 29.8. The zero-order valence-electron chi connectivity index (χ0n) is 6.72. The van der Waals surface area contributed by atoms with Crippen molar-refractivity contribution in [3.05, 3.63) is 0 Å². The topological polar surface area (TPSA) is 52.3 Å². The van der Waals surface area contributed by atoms with Crippen LogP contribution in [0, 0.1) is 11.8 Å². The molecular formula is C7H11F2NO2. The van der Waals surface area contributed by atoms with Crippen molar-refractivity contribution in [1.82, 2.24) is 0 Å². The van der Waals surface area contributed by atoms with Crippen LogP contribution in [0.25, 0.3) is 0 Å². The monoisotopic (exact) mass is 179 g/mol. The fourth-order valence-electron chi connectivity index (χ4n) is 1.24. The van der Waals surface area contributed by atoms with E-state index < -0.39 is 23.7 Å². The van der Waals surface area contributed by atoms with Gasteiger partial charge in [0, 0.05) is 6.54 Å².